The second kappa shape index (κ2) is 20.1. The van der Waals surface area contributed by atoms with Crippen molar-refractivity contribution in [2.24, 2.45) is 11.1 Å². The van der Waals surface area contributed by atoms with E-state index in [0.717, 1.165) is 30.4 Å². The molecule has 5 amide bonds. The molecule has 0 atom stereocenters. The molecule has 1 aliphatic carbocycles. The van der Waals surface area contributed by atoms with Crippen LogP contribution in [0.1, 0.15) is 73.1 Å². The number of ether oxygens (including phenoxy) is 1. The molecular weight excluding hydrogens is 514 g/mol. The van der Waals surface area contributed by atoms with Crippen LogP contribution in [0.15, 0.2) is 47.7 Å². The molecule has 11 heteroatoms. The Balaban J connectivity index is 0.00000191. The molecular formula is C29H47N5O6. The van der Waals surface area contributed by atoms with Crippen molar-refractivity contribution in [2.75, 3.05) is 26.2 Å². The van der Waals surface area contributed by atoms with Crippen LogP contribution in [0.2, 0.25) is 0 Å². The highest BCUT2D eigenvalue weighted by Gasteiger charge is 2.52. The topological polar surface area (TPSA) is 169 Å². The number of allylic oxidation sites excluding steroid dienone is 6. The molecule has 0 bridgehead atoms. The molecule has 0 radical (unpaired) electrons. The number of carbonyl (C=O) groups is 5. The molecule has 1 saturated carbocycles. The average molecular weight is 562 g/mol. The van der Waals surface area contributed by atoms with Crippen molar-refractivity contribution in [2.45, 2.75) is 73.1 Å². The van der Waals surface area contributed by atoms with Gasteiger partial charge in [0.15, 0.2) is 0 Å². The molecule has 0 saturated heterocycles. The Morgan fingerprint density at radius 2 is 1.65 bits per heavy atom. The number of hydrogen-bond donors (Lipinski definition) is 5. The van der Waals surface area contributed by atoms with Crippen LogP contribution in [0, 0.1) is 5.41 Å². The largest absolute Gasteiger partial charge is 0.465 e. The van der Waals surface area contributed by atoms with Gasteiger partial charge in [0.05, 0.1) is 13.2 Å². The number of hydrogen-bond acceptors (Lipinski definition) is 6. The van der Waals surface area contributed by atoms with Gasteiger partial charge in [-0.05, 0) is 58.1 Å². The van der Waals surface area contributed by atoms with Gasteiger partial charge >= 0.3 is 12.0 Å². The summed E-state index contributed by atoms with van der Waals surface area (Å²) >= 11 is 0. The van der Waals surface area contributed by atoms with Crippen LogP contribution >= 0.6 is 0 Å². The minimum Gasteiger partial charge on any atom is -0.465 e. The molecule has 0 unspecified atom stereocenters. The van der Waals surface area contributed by atoms with Gasteiger partial charge < -0.3 is 31.7 Å². The number of rotatable bonds is 15. The van der Waals surface area contributed by atoms with E-state index in [1.165, 1.54) is 0 Å². The van der Waals surface area contributed by atoms with Crippen molar-refractivity contribution in [1.29, 1.82) is 0 Å². The second-order valence-corrected chi connectivity index (χ2v) is 9.35. The average Bonchev–Trinajstić information content (AvgIpc) is 2.87. The van der Waals surface area contributed by atoms with Gasteiger partial charge in [-0.15, -0.1) is 0 Å². The number of primary amides is 1. The molecule has 1 fully saturated rings. The highest BCUT2D eigenvalue weighted by atomic mass is 16.5. The van der Waals surface area contributed by atoms with Crippen molar-refractivity contribution < 1.29 is 28.7 Å². The monoisotopic (exact) mass is 561 g/mol. The number of carbonyl (C=O) groups excluding carboxylic acids is 5. The van der Waals surface area contributed by atoms with Gasteiger partial charge in [0, 0.05) is 25.2 Å². The van der Waals surface area contributed by atoms with E-state index in [4.69, 9.17) is 10.5 Å². The van der Waals surface area contributed by atoms with E-state index < -0.39 is 29.2 Å². The lowest BCUT2D eigenvalue weighted by molar-refractivity contribution is -0.167. The van der Waals surface area contributed by atoms with E-state index in [9.17, 15) is 24.0 Å². The minimum atomic E-state index is -1.18. The fraction of sp³-hybridized carbons (Fsp3) is 0.552. The zero-order valence-electron chi connectivity index (χ0n) is 24.6. The van der Waals surface area contributed by atoms with Crippen molar-refractivity contribution in [3.05, 3.63) is 47.7 Å². The lowest BCUT2D eigenvalue weighted by atomic mass is 9.68. The van der Waals surface area contributed by atoms with E-state index in [2.05, 4.69) is 27.8 Å². The summed E-state index contributed by atoms with van der Waals surface area (Å²) < 4.78 is 5.01. The highest BCUT2D eigenvalue weighted by molar-refractivity contribution is 6.04. The number of nitrogens with two attached hydrogens (primary N) is 1. The summed E-state index contributed by atoms with van der Waals surface area (Å²) in [6.07, 6.45) is 11.0. The third-order valence-corrected chi connectivity index (χ3v) is 5.85. The third kappa shape index (κ3) is 13.8. The Labute approximate surface area is 238 Å². The fourth-order valence-corrected chi connectivity index (χ4v) is 3.39. The third-order valence-electron chi connectivity index (χ3n) is 5.85. The first-order valence-corrected chi connectivity index (χ1v) is 13.7. The molecule has 0 aromatic carbocycles. The Morgan fingerprint density at radius 3 is 2.10 bits per heavy atom. The minimum absolute atomic E-state index is 0.0747. The maximum absolute atomic E-state index is 12.4. The van der Waals surface area contributed by atoms with Crippen LogP contribution < -0.4 is 27.0 Å². The van der Waals surface area contributed by atoms with Gasteiger partial charge in [-0.1, -0.05) is 50.6 Å². The Hall–Kier alpha value is -3.89. The van der Waals surface area contributed by atoms with Crippen molar-refractivity contribution in [1.82, 2.24) is 21.3 Å². The quantitative estimate of drug-likeness (QED) is 0.117. The molecule has 0 aromatic heterocycles. The van der Waals surface area contributed by atoms with Gasteiger partial charge in [-0.2, -0.15) is 0 Å². The number of nitrogens with one attached hydrogen (secondary N) is 4. The van der Waals surface area contributed by atoms with Crippen LogP contribution in [0.4, 0.5) is 4.79 Å². The van der Waals surface area contributed by atoms with Gasteiger partial charge in [-0.3, -0.25) is 19.2 Å². The Morgan fingerprint density at radius 1 is 0.975 bits per heavy atom. The van der Waals surface area contributed by atoms with Crippen LogP contribution in [0.5, 0.6) is 0 Å². The maximum Gasteiger partial charge on any atom is 0.321 e. The summed E-state index contributed by atoms with van der Waals surface area (Å²) in [5, 5.41) is 10.4. The summed E-state index contributed by atoms with van der Waals surface area (Å²) in [5.74, 6) is -1.71. The molecule has 1 aliphatic rings. The molecule has 0 heterocycles. The first-order chi connectivity index (χ1) is 19.0. The standard InChI is InChI=1S/C25H37N3O5.C4H10N2O/c1-6-9-11-19(7-2)16-20(18(4)5)28-21(29)12-15-26-22(30)17-27-23(31)25(13-10-14-25)24(32)33-8-3;1-2-3-6-4(5)7/h7,9,11,16H,2,6,8,10,12-15,17H2,1,3-5H3,(H,26,30)(H,27,31)(H,28,29);2-3H2,1H3,(H3,5,6,7)/b11-9+,19-16+;. The van der Waals surface area contributed by atoms with Crippen LogP contribution in [0.25, 0.3) is 0 Å². The Bertz CT molecular complexity index is 975. The Kier molecular flexibility index (Phi) is 18.1. The van der Waals surface area contributed by atoms with Crippen LogP contribution in [0.3, 0.4) is 0 Å². The lowest BCUT2D eigenvalue weighted by Crippen LogP contribution is -2.53. The lowest BCUT2D eigenvalue weighted by Gasteiger charge is -2.37. The summed E-state index contributed by atoms with van der Waals surface area (Å²) in [5.41, 5.74) is 6.04. The van der Waals surface area contributed by atoms with E-state index in [-0.39, 0.29) is 32.0 Å². The maximum atomic E-state index is 12.4. The van der Waals surface area contributed by atoms with Gasteiger partial charge in [0.2, 0.25) is 17.7 Å². The zero-order valence-corrected chi connectivity index (χ0v) is 24.6. The van der Waals surface area contributed by atoms with E-state index >= 15 is 0 Å². The van der Waals surface area contributed by atoms with Gasteiger partial charge in [0.1, 0.15) is 5.41 Å². The second-order valence-electron chi connectivity index (χ2n) is 9.35. The molecule has 6 N–H and O–H groups in total. The number of urea groups is 1. The normalized spacial score (nSPS) is 13.5. The van der Waals surface area contributed by atoms with Crippen molar-refractivity contribution >= 4 is 29.7 Å². The molecule has 0 aliphatic heterocycles. The molecule has 0 aromatic rings. The molecule has 224 valence electrons. The van der Waals surface area contributed by atoms with Crippen molar-refractivity contribution in [3.8, 4) is 0 Å². The first kappa shape index (κ1) is 36.1. The van der Waals surface area contributed by atoms with Crippen LogP contribution in [-0.2, 0) is 23.9 Å². The molecule has 11 nitrogen and oxygen atoms in total. The number of esters is 1. The smallest absolute Gasteiger partial charge is 0.321 e. The summed E-state index contributed by atoms with van der Waals surface area (Å²) in [6, 6.07) is -0.443. The first-order valence-electron chi connectivity index (χ1n) is 13.7. The van der Waals surface area contributed by atoms with Crippen molar-refractivity contribution in [3.63, 3.8) is 0 Å². The summed E-state index contributed by atoms with van der Waals surface area (Å²) in [6.45, 7) is 14.0. The van der Waals surface area contributed by atoms with E-state index in [1.54, 1.807) is 13.0 Å². The van der Waals surface area contributed by atoms with Gasteiger partial charge in [0.25, 0.3) is 0 Å². The predicted octanol–water partition coefficient (Wildman–Crippen LogP) is 2.90. The molecule has 1 rings (SSSR count). The van der Waals surface area contributed by atoms with Crippen LogP contribution in [-0.4, -0.2) is 56.0 Å². The molecule has 40 heavy (non-hydrogen) atoms. The van der Waals surface area contributed by atoms with E-state index in [1.807, 2.05) is 45.9 Å². The predicted molar refractivity (Wildman–Crippen MR) is 156 cm³/mol. The highest BCUT2D eigenvalue weighted by Crippen LogP contribution is 2.42. The molecule has 0 spiro atoms. The van der Waals surface area contributed by atoms with Gasteiger partial charge in [-0.25, -0.2) is 4.79 Å². The SMILES string of the molecule is C=CC(/C=C/CC)=C\C(NC(=O)CCNC(=O)CNC(=O)C1(C(=O)OCC)CCC1)=C(C)C.CCCNC(N)=O. The number of amides is 5. The zero-order chi connectivity index (χ0) is 30.6. The van der Waals surface area contributed by atoms with E-state index in [0.29, 0.717) is 25.1 Å². The fourth-order valence-electron chi connectivity index (χ4n) is 3.39. The summed E-state index contributed by atoms with van der Waals surface area (Å²) in [4.78, 5) is 58.8. The summed E-state index contributed by atoms with van der Waals surface area (Å²) in [7, 11) is 0.